The van der Waals surface area contributed by atoms with Crippen LogP contribution in [0.25, 0.3) is 6.08 Å². The number of benzene rings is 1. The lowest BCUT2D eigenvalue weighted by Crippen LogP contribution is -2.47. The molecule has 2 aliphatic heterocycles. The first-order valence-corrected chi connectivity index (χ1v) is 10.8. The Balaban J connectivity index is 1.49. The molecule has 0 spiro atoms. The minimum atomic E-state index is -0.0928. The Bertz CT molecular complexity index is 763. The number of hydrogen-bond acceptors (Lipinski definition) is 4. The highest BCUT2D eigenvalue weighted by atomic mass is 35.5. The number of nitrogens with zero attached hydrogens (tertiary/aromatic N) is 4. The Labute approximate surface area is 182 Å². The molecule has 6 nitrogen and oxygen atoms in total. The third-order valence-electron chi connectivity index (χ3n) is 5.54. The second-order valence-corrected chi connectivity index (χ2v) is 8.42. The number of carbonyl (C=O) groups excluding carboxylic acids is 2. The number of piperazine rings is 1. The van der Waals surface area contributed by atoms with E-state index in [4.69, 9.17) is 23.2 Å². The van der Waals surface area contributed by atoms with Gasteiger partial charge in [0.25, 0.3) is 0 Å². The summed E-state index contributed by atoms with van der Waals surface area (Å²) in [6.07, 6.45) is 3.63. The van der Waals surface area contributed by atoms with Crippen molar-refractivity contribution in [2.45, 2.75) is 6.42 Å². The van der Waals surface area contributed by atoms with Crippen LogP contribution in [0.2, 0.25) is 10.0 Å². The second kappa shape index (κ2) is 10.4. The quantitative estimate of drug-likeness (QED) is 0.661. The lowest BCUT2D eigenvalue weighted by Gasteiger charge is -2.33. The molecular formula is C21H28Cl2N4O2. The average Bonchev–Trinajstić information content (AvgIpc) is 2.90. The Morgan fingerprint density at radius 2 is 1.76 bits per heavy atom. The van der Waals surface area contributed by atoms with Crippen molar-refractivity contribution in [2.24, 2.45) is 0 Å². The summed E-state index contributed by atoms with van der Waals surface area (Å²) in [7, 11) is 2.14. The van der Waals surface area contributed by atoms with Crippen LogP contribution in [-0.2, 0) is 9.59 Å². The number of halogens is 2. The van der Waals surface area contributed by atoms with Crippen molar-refractivity contribution in [3.05, 3.63) is 39.9 Å². The van der Waals surface area contributed by atoms with Crippen LogP contribution in [0.5, 0.6) is 0 Å². The van der Waals surface area contributed by atoms with Crippen molar-refractivity contribution >= 4 is 41.1 Å². The van der Waals surface area contributed by atoms with Crippen molar-refractivity contribution in [3.8, 4) is 0 Å². The number of carbonyl (C=O) groups is 2. The van der Waals surface area contributed by atoms with E-state index >= 15 is 0 Å². The Morgan fingerprint density at radius 3 is 2.48 bits per heavy atom. The summed E-state index contributed by atoms with van der Waals surface area (Å²) in [6, 6.07) is 5.24. The van der Waals surface area contributed by atoms with Gasteiger partial charge in [0.15, 0.2) is 0 Å². The monoisotopic (exact) mass is 438 g/mol. The number of amides is 2. The molecule has 0 N–H and O–H groups in total. The van der Waals surface area contributed by atoms with E-state index in [-0.39, 0.29) is 11.8 Å². The number of rotatable bonds is 5. The Hall–Kier alpha value is -1.60. The first-order valence-electron chi connectivity index (χ1n) is 10.0. The lowest BCUT2D eigenvalue weighted by molar-refractivity contribution is -0.130. The van der Waals surface area contributed by atoms with Crippen molar-refractivity contribution in [1.82, 2.24) is 19.6 Å². The molecule has 0 aromatic heterocycles. The molecule has 2 saturated heterocycles. The van der Waals surface area contributed by atoms with Crippen molar-refractivity contribution in [1.29, 1.82) is 0 Å². The highest BCUT2D eigenvalue weighted by Crippen LogP contribution is 2.23. The van der Waals surface area contributed by atoms with Crippen molar-refractivity contribution < 1.29 is 9.59 Å². The molecule has 2 fully saturated rings. The van der Waals surface area contributed by atoms with Gasteiger partial charge in [0.05, 0.1) is 10.0 Å². The summed E-state index contributed by atoms with van der Waals surface area (Å²) in [5.41, 5.74) is 0.812. The molecule has 29 heavy (non-hydrogen) atoms. The van der Waals surface area contributed by atoms with E-state index in [1.165, 1.54) is 6.08 Å². The average molecular weight is 439 g/mol. The van der Waals surface area contributed by atoms with Crippen LogP contribution in [0.15, 0.2) is 24.3 Å². The number of hydrogen-bond donors (Lipinski definition) is 0. The molecule has 0 saturated carbocycles. The van der Waals surface area contributed by atoms with Crippen LogP contribution in [0.1, 0.15) is 12.0 Å². The zero-order chi connectivity index (χ0) is 20.8. The van der Waals surface area contributed by atoms with Crippen LogP contribution in [0, 0.1) is 0 Å². The molecule has 158 valence electrons. The lowest BCUT2D eigenvalue weighted by atomic mass is 10.2. The molecule has 2 aliphatic rings. The van der Waals surface area contributed by atoms with Gasteiger partial charge in [-0.1, -0.05) is 29.3 Å². The Morgan fingerprint density at radius 1 is 1.00 bits per heavy atom. The van der Waals surface area contributed by atoms with Gasteiger partial charge in [0, 0.05) is 71.4 Å². The maximum Gasteiger partial charge on any atom is 0.246 e. The highest BCUT2D eigenvalue weighted by molar-refractivity contribution is 6.42. The molecule has 0 bridgehead atoms. The van der Waals surface area contributed by atoms with Gasteiger partial charge in [-0.2, -0.15) is 0 Å². The summed E-state index contributed by atoms with van der Waals surface area (Å²) < 4.78 is 0. The van der Waals surface area contributed by atoms with Gasteiger partial charge in [0.2, 0.25) is 11.8 Å². The van der Waals surface area contributed by atoms with Crippen LogP contribution in [0.4, 0.5) is 0 Å². The van der Waals surface area contributed by atoms with Gasteiger partial charge in [-0.25, -0.2) is 0 Å². The summed E-state index contributed by atoms with van der Waals surface area (Å²) >= 11 is 11.9. The predicted molar refractivity (Wildman–Crippen MR) is 117 cm³/mol. The fourth-order valence-corrected chi connectivity index (χ4v) is 3.85. The van der Waals surface area contributed by atoms with E-state index in [0.29, 0.717) is 36.1 Å². The van der Waals surface area contributed by atoms with Crippen molar-refractivity contribution in [2.75, 3.05) is 66.0 Å². The molecule has 8 heteroatoms. The van der Waals surface area contributed by atoms with Crippen LogP contribution in [-0.4, -0.2) is 97.4 Å². The predicted octanol–water partition coefficient (Wildman–Crippen LogP) is 2.31. The van der Waals surface area contributed by atoms with E-state index in [9.17, 15) is 9.59 Å². The Kier molecular flexibility index (Phi) is 7.95. The molecule has 0 unspecified atom stereocenters. The highest BCUT2D eigenvalue weighted by Gasteiger charge is 2.23. The minimum Gasteiger partial charge on any atom is -0.340 e. The summed E-state index contributed by atoms with van der Waals surface area (Å²) in [5, 5.41) is 0.940. The molecular weight excluding hydrogens is 411 g/mol. The minimum absolute atomic E-state index is 0.0928. The largest absolute Gasteiger partial charge is 0.340 e. The molecule has 2 amide bonds. The van der Waals surface area contributed by atoms with E-state index in [2.05, 4.69) is 16.8 Å². The maximum absolute atomic E-state index is 12.6. The van der Waals surface area contributed by atoms with E-state index < -0.39 is 0 Å². The zero-order valence-electron chi connectivity index (χ0n) is 16.8. The molecule has 0 atom stereocenters. The first-order chi connectivity index (χ1) is 13.9. The molecule has 2 heterocycles. The van der Waals surface area contributed by atoms with Crippen LogP contribution < -0.4 is 0 Å². The summed E-state index contributed by atoms with van der Waals surface area (Å²) in [5.74, 6) is 0.0349. The molecule has 0 radical (unpaired) electrons. The SMILES string of the molecule is CN1CCN(CCN2CCN(C(=O)C=Cc3ccc(Cl)c(Cl)c3)CCC2=O)CC1. The smallest absolute Gasteiger partial charge is 0.246 e. The summed E-state index contributed by atoms with van der Waals surface area (Å²) in [6.45, 7) is 7.44. The fourth-order valence-electron chi connectivity index (χ4n) is 3.55. The number of likely N-dealkylation sites (N-methyl/N-ethyl adjacent to an activating group) is 1. The molecule has 0 aliphatic carbocycles. The third-order valence-corrected chi connectivity index (χ3v) is 6.28. The van der Waals surface area contributed by atoms with Gasteiger partial charge >= 0.3 is 0 Å². The fraction of sp³-hybridized carbons (Fsp3) is 0.524. The normalized spacial score (nSPS) is 19.8. The van der Waals surface area contributed by atoms with Crippen molar-refractivity contribution in [3.63, 3.8) is 0 Å². The van der Waals surface area contributed by atoms with Gasteiger partial charge < -0.3 is 14.7 Å². The maximum atomic E-state index is 12.6. The second-order valence-electron chi connectivity index (χ2n) is 7.61. The zero-order valence-corrected chi connectivity index (χ0v) is 18.3. The van der Waals surface area contributed by atoms with Gasteiger partial charge in [0.1, 0.15) is 0 Å². The van der Waals surface area contributed by atoms with E-state index in [1.54, 1.807) is 23.1 Å². The molecule has 1 aromatic carbocycles. The van der Waals surface area contributed by atoms with E-state index in [1.807, 2.05) is 11.0 Å². The topological polar surface area (TPSA) is 47.1 Å². The third kappa shape index (κ3) is 6.44. The van der Waals surface area contributed by atoms with Crippen LogP contribution >= 0.6 is 23.2 Å². The standard InChI is InChI=1S/C21H28Cl2N4O2/c1-24-8-10-25(11-9-24)12-13-27-15-14-26(7-6-21(27)29)20(28)5-3-17-2-4-18(22)19(23)16-17/h2-5,16H,6-15H2,1H3. The van der Waals surface area contributed by atoms with Gasteiger partial charge in [-0.3, -0.25) is 14.5 Å². The summed E-state index contributed by atoms with van der Waals surface area (Å²) in [4.78, 5) is 33.4. The van der Waals surface area contributed by atoms with E-state index in [0.717, 1.165) is 44.8 Å². The van der Waals surface area contributed by atoms with Gasteiger partial charge in [-0.15, -0.1) is 0 Å². The van der Waals surface area contributed by atoms with Gasteiger partial charge in [-0.05, 0) is 30.8 Å². The molecule has 3 rings (SSSR count). The first kappa shape index (κ1) is 22.1. The van der Waals surface area contributed by atoms with Crippen LogP contribution in [0.3, 0.4) is 0 Å². The molecule has 1 aromatic rings.